The Hall–Kier alpha value is -4.34. The molecule has 0 aromatic carbocycles. The third kappa shape index (κ3) is 6.53. The van der Waals surface area contributed by atoms with E-state index < -0.39 is 5.60 Å². The van der Waals surface area contributed by atoms with Gasteiger partial charge in [0.25, 0.3) is 0 Å². The molecule has 0 unspecified atom stereocenters. The number of urea groups is 1. The number of nitriles is 1. The number of carbonyl (C=O) groups excluding carboxylic acids is 2. The Balaban J connectivity index is 1.22. The summed E-state index contributed by atoms with van der Waals surface area (Å²) < 4.78 is 5.49. The van der Waals surface area contributed by atoms with Crippen molar-refractivity contribution in [2.75, 3.05) is 74.5 Å². The molecular formula is C28H38N10O3. The van der Waals surface area contributed by atoms with Crippen LogP contribution in [0.25, 0.3) is 0 Å². The van der Waals surface area contributed by atoms with Crippen molar-refractivity contribution in [3.8, 4) is 6.07 Å². The highest BCUT2D eigenvalue weighted by Gasteiger charge is 2.34. The maximum atomic E-state index is 12.5. The molecule has 0 spiro atoms. The van der Waals surface area contributed by atoms with Gasteiger partial charge in [-0.3, -0.25) is 0 Å². The highest BCUT2D eigenvalue weighted by Crippen LogP contribution is 2.26. The number of piperazine rings is 1. The number of hydrogen-bond donors (Lipinski definition) is 1. The van der Waals surface area contributed by atoms with Crippen LogP contribution in [0.4, 0.5) is 32.7 Å². The van der Waals surface area contributed by atoms with Crippen LogP contribution in [0.3, 0.4) is 0 Å². The van der Waals surface area contributed by atoms with E-state index in [1.54, 1.807) is 22.2 Å². The van der Waals surface area contributed by atoms with Crippen molar-refractivity contribution in [2.24, 2.45) is 0 Å². The van der Waals surface area contributed by atoms with Gasteiger partial charge in [-0.15, -0.1) is 0 Å². The Morgan fingerprint density at radius 3 is 2.46 bits per heavy atom. The molecule has 5 rings (SSSR count). The number of aromatic nitrogens is 3. The molecule has 3 amide bonds. The van der Waals surface area contributed by atoms with E-state index in [9.17, 15) is 14.9 Å². The predicted octanol–water partition coefficient (Wildman–Crippen LogP) is 2.88. The Bertz CT molecular complexity index is 1300. The van der Waals surface area contributed by atoms with Crippen molar-refractivity contribution in [1.29, 1.82) is 5.26 Å². The Labute approximate surface area is 240 Å². The van der Waals surface area contributed by atoms with Crippen LogP contribution in [0.15, 0.2) is 24.5 Å². The number of ether oxygens (including phenoxy) is 1. The summed E-state index contributed by atoms with van der Waals surface area (Å²) in [5.41, 5.74) is 0.613. The number of hydrogen-bond acceptors (Lipinski definition) is 10. The lowest BCUT2D eigenvalue weighted by Gasteiger charge is -2.37. The van der Waals surface area contributed by atoms with Crippen molar-refractivity contribution in [2.45, 2.75) is 45.3 Å². The fourth-order valence-electron chi connectivity index (χ4n) is 5.37. The molecule has 1 N–H and O–H groups in total. The van der Waals surface area contributed by atoms with Crippen LogP contribution in [-0.2, 0) is 4.74 Å². The normalized spacial score (nSPS) is 19.8. The lowest BCUT2D eigenvalue weighted by atomic mass is 10.0. The van der Waals surface area contributed by atoms with Crippen LogP contribution in [0, 0.1) is 11.3 Å². The molecule has 0 radical (unpaired) electrons. The van der Waals surface area contributed by atoms with E-state index in [0.717, 1.165) is 38.2 Å². The summed E-state index contributed by atoms with van der Waals surface area (Å²) in [6, 6.07) is 6.11. The molecule has 0 aliphatic carbocycles. The van der Waals surface area contributed by atoms with Gasteiger partial charge in [-0.05, 0) is 45.7 Å². The number of pyridine rings is 1. The monoisotopic (exact) mass is 562 g/mol. The summed E-state index contributed by atoms with van der Waals surface area (Å²) in [5, 5.41) is 12.8. The van der Waals surface area contributed by atoms with Crippen molar-refractivity contribution < 1.29 is 14.3 Å². The highest BCUT2D eigenvalue weighted by molar-refractivity contribution is 5.76. The molecular weight excluding hydrogens is 524 g/mol. The van der Waals surface area contributed by atoms with Crippen LogP contribution in [0.1, 0.15) is 39.3 Å². The van der Waals surface area contributed by atoms with Crippen LogP contribution < -0.4 is 15.1 Å². The van der Waals surface area contributed by atoms with Gasteiger partial charge in [-0.25, -0.2) is 24.5 Å². The first-order chi connectivity index (χ1) is 19.6. The first kappa shape index (κ1) is 28.2. The largest absolute Gasteiger partial charge is 0.444 e. The summed E-state index contributed by atoms with van der Waals surface area (Å²) in [4.78, 5) is 48.3. The van der Waals surface area contributed by atoms with Gasteiger partial charge in [0.05, 0.1) is 24.1 Å². The van der Waals surface area contributed by atoms with Crippen LogP contribution in [-0.4, -0.2) is 113 Å². The van der Waals surface area contributed by atoms with Crippen molar-refractivity contribution in [3.63, 3.8) is 0 Å². The van der Waals surface area contributed by atoms with Gasteiger partial charge >= 0.3 is 12.1 Å². The third-order valence-corrected chi connectivity index (χ3v) is 7.57. The van der Waals surface area contributed by atoms with E-state index in [1.165, 1.54) is 0 Å². The predicted molar refractivity (Wildman–Crippen MR) is 154 cm³/mol. The zero-order valence-electron chi connectivity index (χ0n) is 24.2. The first-order valence-electron chi connectivity index (χ1n) is 14.1. The molecule has 5 heterocycles. The number of carbonyl (C=O) groups is 2. The zero-order chi connectivity index (χ0) is 29.1. The van der Waals surface area contributed by atoms with Crippen molar-refractivity contribution >= 4 is 35.3 Å². The topological polar surface area (TPSA) is 134 Å². The second kappa shape index (κ2) is 11.6. The Morgan fingerprint density at radius 1 is 1.05 bits per heavy atom. The van der Waals surface area contributed by atoms with Crippen molar-refractivity contribution in [3.05, 3.63) is 30.2 Å². The summed E-state index contributed by atoms with van der Waals surface area (Å²) in [7, 11) is 1.83. The van der Waals surface area contributed by atoms with Crippen LogP contribution in [0.5, 0.6) is 0 Å². The van der Waals surface area contributed by atoms with E-state index in [0.29, 0.717) is 50.2 Å². The third-order valence-electron chi connectivity index (χ3n) is 7.57. The minimum absolute atomic E-state index is 0.0737. The van der Waals surface area contributed by atoms with Gasteiger partial charge in [0, 0.05) is 59.4 Å². The molecule has 3 aliphatic rings. The molecule has 0 bridgehead atoms. The number of anilines is 4. The molecule has 1 atom stereocenters. The van der Waals surface area contributed by atoms with Crippen LogP contribution >= 0.6 is 0 Å². The van der Waals surface area contributed by atoms with Gasteiger partial charge in [-0.2, -0.15) is 5.26 Å². The van der Waals surface area contributed by atoms with Crippen molar-refractivity contribution in [1.82, 2.24) is 29.7 Å². The average molecular weight is 563 g/mol. The van der Waals surface area contributed by atoms with Gasteiger partial charge < -0.3 is 34.6 Å². The first-order valence-corrected chi connectivity index (χ1v) is 14.1. The summed E-state index contributed by atoms with van der Waals surface area (Å²) in [6.45, 7) is 11.1. The number of piperidine rings is 1. The summed E-state index contributed by atoms with van der Waals surface area (Å²) >= 11 is 0. The smallest absolute Gasteiger partial charge is 0.410 e. The molecule has 3 saturated heterocycles. The Kier molecular flexibility index (Phi) is 8.01. The van der Waals surface area contributed by atoms with Gasteiger partial charge in [0.1, 0.15) is 23.3 Å². The number of likely N-dealkylation sites (N-methyl/N-ethyl adjacent to an activating group) is 1. The SMILES string of the molecule is CN1CCN([C@@H]2CCCN(c3cnc(C#N)c(Nc4ccc(N5CCN(C(=O)OC(C)(C)C)CC5)cn4)n3)C2)C1=O. The number of rotatable bonds is 5. The molecule has 0 saturated carbocycles. The molecule has 3 fully saturated rings. The molecule has 41 heavy (non-hydrogen) atoms. The van der Waals surface area contributed by atoms with E-state index in [4.69, 9.17) is 9.72 Å². The number of amides is 3. The van der Waals surface area contributed by atoms with E-state index in [-0.39, 0.29) is 23.9 Å². The molecule has 2 aromatic rings. The summed E-state index contributed by atoms with van der Waals surface area (Å²) in [5.74, 6) is 1.55. The maximum Gasteiger partial charge on any atom is 0.410 e. The van der Waals surface area contributed by atoms with E-state index in [1.807, 2.05) is 44.9 Å². The Morgan fingerprint density at radius 2 is 1.83 bits per heavy atom. The lowest BCUT2D eigenvalue weighted by molar-refractivity contribution is 0.0240. The molecule has 3 aliphatic heterocycles. The number of nitrogens with zero attached hydrogens (tertiary/aromatic N) is 9. The van der Waals surface area contributed by atoms with E-state index in [2.05, 4.69) is 31.2 Å². The second-order valence-electron chi connectivity index (χ2n) is 11.7. The van der Waals surface area contributed by atoms with Crippen LogP contribution in [0.2, 0.25) is 0 Å². The molecule has 2 aromatic heterocycles. The number of nitrogens with one attached hydrogen (secondary N) is 1. The van der Waals surface area contributed by atoms with E-state index >= 15 is 0 Å². The zero-order valence-corrected chi connectivity index (χ0v) is 24.2. The molecule has 13 heteroatoms. The summed E-state index contributed by atoms with van der Waals surface area (Å²) in [6.07, 6.45) is 5.00. The standard InChI is InChI=1S/C28H38N10O3/c1-28(2,3)41-27(40)36-13-11-35(12-14-36)20-7-8-23(31-17-20)32-25-22(16-29)30-18-24(33-25)37-9-5-6-21(19-37)38-15-10-34(4)26(38)39/h7-8,17-18,21H,5-6,9-15,19H2,1-4H3,(H,31,32,33)/t21-/m1/s1. The molecule has 218 valence electrons. The fraction of sp³-hybridized carbons (Fsp3) is 0.571. The molecule has 13 nitrogen and oxygen atoms in total. The quantitative estimate of drug-likeness (QED) is 0.580. The minimum atomic E-state index is -0.516. The van der Waals surface area contributed by atoms with Gasteiger partial charge in [0.15, 0.2) is 11.5 Å². The lowest BCUT2D eigenvalue weighted by Crippen LogP contribution is -2.50. The minimum Gasteiger partial charge on any atom is -0.444 e. The van der Waals surface area contributed by atoms with Gasteiger partial charge in [-0.1, -0.05) is 0 Å². The fourth-order valence-corrected chi connectivity index (χ4v) is 5.37. The maximum absolute atomic E-state index is 12.5. The highest BCUT2D eigenvalue weighted by atomic mass is 16.6. The second-order valence-corrected chi connectivity index (χ2v) is 11.7. The average Bonchev–Trinajstić information content (AvgIpc) is 3.30. The van der Waals surface area contributed by atoms with Gasteiger partial charge in [0.2, 0.25) is 0 Å².